The maximum Gasteiger partial charge on any atom is 0.322 e. The van der Waals surface area contributed by atoms with Gasteiger partial charge in [-0.1, -0.05) is 18.2 Å². The van der Waals surface area contributed by atoms with Gasteiger partial charge in [0.05, 0.1) is 31.0 Å². The van der Waals surface area contributed by atoms with Crippen LogP contribution in [-0.4, -0.2) is 54.0 Å². The van der Waals surface area contributed by atoms with E-state index in [0.717, 1.165) is 17.0 Å². The van der Waals surface area contributed by atoms with Gasteiger partial charge in [0.25, 0.3) is 5.91 Å². The van der Waals surface area contributed by atoms with Crippen molar-refractivity contribution < 1.29 is 14.3 Å². The third kappa shape index (κ3) is 3.19. The summed E-state index contributed by atoms with van der Waals surface area (Å²) < 4.78 is 5.30. The molecule has 1 aromatic carbocycles. The SMILES string of the molecule is COc1cccc(C2NC(=O)N(C)C3=C2C(=O)N(CCc2ccccn2)C3)c1. The quantitative estimate of drug-likeness (QED) is 0.865. The van der Waals surface area contributed by atoms with Crippen molar-refractivity contribution in [3.63, 3.8) is 0 Å². The van der Waals surface area contributed by atoms with Crippen molar-refractivity contribution in [3.8, 4) is 5.75 Å². The average Bonchev–Trinajstić information content (AvgIpc) is 3.06. The number of carbonyl (C=O) groups is 2. The minimum atomic E-state index is -0.485. The van der Waals surface area contributed by atoms with E-state index in [9.17, 15) is 9.59 Å². The van der Waals surface area contributed by atoms with Crippen LogP contribution in [0.5, 0.6) is 5.75 Å². The van der Waals surface area contributed by atoms with Gasteiger partial charge in [0.1, 0.15) is 5.75 Å². The summed E-state index contributed by atoms with van der Waals surface area (Å²) in [6, 6.07) is 12.5. The van der Waals surface area contributed by atoms with E-state index in [-0.39, 0.29) is 11.9 Å². The molecule has 2 aromatic rings. The number of amides is 3. The van der Waals surface area contributed by atoms with Crippen LogP contribution in [-0.2, 0) is 11.2 Å². The van der Waals surface area contributed by atoms with Crippen LogP contribution < -0.4 is 10.1 Å². The summed E-state index contributed by atoms with van der Waals surface area (Å²) in [4.78, 5) is 33.3. The Kier molecular flexibility index (Phi) is 4.73. The number of nitrogens with zero attached hydrogens (tertiary/aromatic N) is 3. The lowest BCUT2D eigenvalue weighted by atomic mass is 9.95. The molecule has 144 valence electrons. The van der Waals surface area contributed by atoms with Crippen molar-refractivity contribution in [2.24, 2.45) is 0 Å². The number of methoxy groups -OCH3 is 1. The van der Waals surface area contributed by atoms with Gasteiger partial charge in [-0.25, -0.2) is 4.79 Å². The highest BCUT2D eigenvalue weighted by molar-refractivity contribution is 6.01. The van der Waals surface area contributed by atoms with Crippen molar-refractivity contribution >= 4 is 11.9 Å². The van der Waals surface area contributed by atoms with Gasteiger partial charge in [0, 0.05) is 31.9 Å². The zero-order valence-corrected chi connectivity index (χ0v) is 15.9. The monoisotopic (exact) mass is 378 g/mol. The standard InChI is InChI=1S/C21H22N4O3/c1-24-17-13-25(11-9-15-7-3-4-10-22-15)20(26)18(17)19(23-21(24)27)14-6-5-8-16(12-14)28-2/h3-8,10,12,19H,9,11,13H2,1-2H3,(H,23,27). The van der Waals surface area contributed by atoms with Crippen LogP contribution in [0.1, 0.15) is 17.3 Å². The molecular weight excluding hydrogens is 356 g/mol. The van der Waals surface area contributed by atoms with Crippen LogP contribution in [0.25, 0.3) is 0 Å². The highest BCUT2D eigenvalue weighted by atomic mass is 16.5. The fraction of sp³-hybridized carbons (Fsp3) is 0.286. The second-order valence-corrected chi connectivity index (χ2v) is 6.88. The summed E-state index contributed by atoms with van der Waals surface area (Å²) >= 11 is 0. The molecule has 1 N–H and O–H groups in total. The number of aromatic nitrogens is 1. The number of nitrogens with one attached hydrogen (secondary N) is 1. The Morgan fingerprint density at radius 3 is 2.82 bits per heavy atom. The molecule has 0 saturated carbocycles. The van der Waals surface area contributed by atoms with Gasteiger partial charge in [-0.2, -0.15) is 0 Å². The first-order valence-electron chi connectivity index (χ1n) is 9.19. The van der Waals surface area contributed by atoms with E-state index in [1.807, 2.05) is 42.5 Å². The number of ether oxygens (including phenoxy) is 1. The van der Waals surface area contributed by atoms with E-state index in [1.54, 1.807) is 25.3 Å². The van der Waals surface area contributed by atoms with Gasteiger partial charge in [-0.15, -0.1) is 0 Å². The fourth-order valence-electron chi connectivity index (χ4n) is 3.67. The van der Waals surface area contributed by atoms with Gasteiger partial charge in [0.2, 0.25) is 0 Å². The first-order chi connectivity index (χ1) is 13.6. The molecule has 1 aromatic heterocycles. The summed E-state index contributed by atoms with van der Waals surface area (Å²) in [6.45, 7) is 0.973. The number of hydrogen-bond donors (Lipinski definition) is 1. The molecule has 0 radical (unpaired) electrons. The Morgan fingerprint density at radius 1 is 1.21 bits per heavy atom. The average molecular weight is 378 g/mol. The van der Waals surface area contributed by atoms with Crippen molar-refractivity contribution in [2.45, 2.75) is 12.5 Å². The second-order valence-electron chi connectivity index (χ2n) is 6.88. The van der Waals surface area contributed by atoms with Gasteiger partial charge >= 0.3 is 6.03 Å². The summed E-state index contributed by atoms with van der Waals surface area (Å²) in [5.74, 6) is 0.635. The van der Waals surface area contributed by atoms with Crippen LogP contribution in [0.3, 0.4) is 0 Å². The van der Waals surface area contributed by atoms with E-state index < -0.39 is 6.04 Å². The van der Waals surface area contributed by atoms with Crippen molar-refractivity contribution in [2.75, 3.05) is 27.2 Å². The maximum absolute atomic E-state index is 13.2. The minimum Gasteiger partial charge on any atom is -0.497 e. The van der Waals surface area contributed by atoms with Crippen LogP contribution in [0.4, 0.5) is 4.79 Å². The number of hydrogen-bond acceptors (Lipinski definition) is 4. The third-order valence-corrected chi connectivity index (χ3v) is 5.23. The largest absolute Gasteiger partial charge is 0.497 e. The Morgan fingerprint density at radius 2 is 2.07 bits per heavy atom. The molecule has 0 spiro atoms. The lowest BCUT2D eigenvalue weighted by Crippen LogP contribution is -2.45. The van der Waals surface area contributed by atoms with E-state index in [4.69, 9.17) is 4.74 Å². The van der Waals surface area contributed by atoms with E-state index in [1.165, 1.54) is 4.90 Å². The van der Waals surface area contributed by atoms with Crippen LogP contribution in [0.2, 0.25) is 0 Å². The number of pyridine rings is 1. The first-order valence-corrected chi connectivity index (χ1v) is 9.19. The topological polar surface area (TPSA) is 74.8 Å². The molecule has 3 amide bonds. The normalized spacial score (nSPS) is 19.0. The fourth-order valence-corrected chi connectivity index (χ4v) is 3.67. The Balaban J connectivity index is 1.60. The molecule has 1 atom stereocenters. The number of carbonyl (C=O) groups excluding carboxylic acids is 2. The number of benzene rings is 1. The smallest absolute Gasteiger partial charge is 0.322 e. The Hall–Kier alpha value is -3.35. The zero-order chi connectivity index (χ0) is 19.7. The van der Waals surface area contributed by atoms with Crippen molar-refractivity contribution in [1.82, 2.24) is 20.1 Å². The molecule has 4 rings (SSSR count). The molecule has 2 aliphatic rings. The molecule has 28 heavy (non-hydrogen) atoms. The van der Waals surface area contributed by atoms with Crippen molar-refractivity contribution in [3.05, 3.63) is 71.2 Å². The highest BCUT2D eigenvalue weighted by Gasteiger charge is 2.42. The van der Waals surface area contributed by atoms with E-state index in [0.29, 0.717) is 30.8 Å². The molecule has 7 nitrogen and oxygen atoms in total. The summed E-state index contributed by atoms with van der Waals surface area (Å²) in [5, 5.41) is 2.94. The third-order valence-electron chi connectivity index (χ3n) is 5.23. The van der Waals surface area contributed by atoms with Crippen LogP contribution in [0, 0.1) is 0 Å². The van der Waals surface area contributed by atoms with E-state index >= 15 is 0 Å². The summed E-state index contributed by atoms with van der Waals surface area (Å²) in [6.07, 6.45) is 2.42. The Bertz CT molecular complexity index is 942. The molecule has 0 aliphatic carbocycles. The lowest BCUT2D eigenvalue weighted by Gasteiger charge is -2.31. The second kappa shape index (κ2) is 7.34. The highest BCUT2D eigenvalue weighted by Crippen LogP contribution is 2.36. The van der Waals surface area contributed by atoms with Gasteiger partial charge in [-0.3, -0.25) is 14.7 Å². The molecule has 7 heteroatoms. The zero-order valence-electron chi connectivity index (χ0n) is 15.9. The lowest BCUT2D eigenvalue weighted by molar-refractivity contribution is -0.125. The van der Waals surface area contributed by atoms with Gasteiger partial charge in [0.15, 0.2) is 0 Å². The molecule has 0 bridgehead atoms. The Labute approximate surface area is 163 Å². The molecule has 3 heterocycles. The number of rotatable bonds is 5. The van der Waals surface area contributed by atoms with E-state index in [2.05, 4.69) is 10.3 Å². The molecule has 0 fully saturated rings. The van der Waals surface area contributed by atoms with Crippen molar-refractivity contribution in [1.29, 1.82) is 0 Å². The minimum absolute atomic E-state index is 0.0504. The van der Waals surface area contributed by atoms with Crippen LogP contribution in [0.15, 0.2) is 59.9 Å². The number of urea groups is 1. The molecule has 2 aliphatic heterocycles. The van der Waals surface area contributed by atoms with Gasteiger partial charge < -0.3 is 15.0 Å². The molecular formula is C21H22N4O3. The van der Waals surface area contributed by atoms with Gasteiger partial charge in [-0.05, 0) is 29.8 Å². The molecule has 1 unspecified atom stereocenters. The first kappa shape index (κ1) is 18.0. The predicted molar refractivity (Wildman–Crippen MR) is 104 cm³/mol. The predicted octanol–water partition coefficient (Wildman–Crippen LogP) is 2.13. The summed E-state index contributed by atoms with van der Waals surface area (Å²) in [7, 11) is 3.29. The molecule has 0 saturated heterocycles. The summed E-state index contributed by atoms with van der Waals surface area (Å²) in [5.41, 5.74) is 3.14. The van der Waals surface area contributed by atoms with Crippen LogP contribution >= 0.6 is 0 Å². The maximum atomic E-state index is 13.2. The number of likely N-dealkylation sites (N-methyl/N-ethyl adjacent to an activating group) is 1.